The number of hydrogen-bond acceptors (Lipinski definition) is 3. The van der Waals surface area contributed by atoms with Crippen molar-refractivity contribution in [1.29, 1.82) is 0 Å². The zero-order valence-corrected chi connectivity index (χ0v) is 10.7. The lowest BCUT2D eigenvalue weighted by Gasteiger charge is -2.13. The molecule has 18 heavy (non-hydrogen) atoms. The molecule has 4 nitrogen and oxygen atoms in total. The molecule has 1 unspecified atom stereocenters. The third-order valence-electron chi connectivity index (χ3n) is 2.66. The Hall–Kier alpha value is -1.46. The predicted octanol–water partition coefficient (Wildman–Crippen LogP) is 1.83. The van der Waals surface area contributed by atoms with Gasteiger partial charge in [-0.15, -0.1) is 0 Å². The van der Waals surface area contributed by atoms with Crippen LogP contribution in [0.25, 0.3) is 0 Å². The number of anilines is 1. The first-order valence-electron chi connectivity index (χ1n) is 5.86. The molecule has 100 valence electrons. The van der Waals surface area contributed by atoms with E-state index >= 15 is 0 Å². The number of nitrogens with one attached hydrogen (secondary N) is 1. The van der Waals surface area contributed by atoms with Crippen molar-refractivity contribution in [2.75, 3.05) is 19.0 Å². The molecule has 5 heteroatoms. The molecule has 0 saturated carbocycles. The zero-order valence-electron chi connectivity index (χ0n) is 10.7. The summed E-state index contributed by atoms with van der Waals surface area (Å²) in [6.07, 6.45) is 1.25. The minimum atomic E-state index is -0.609. The Kier molecular flexibility index (Phi) is 5.74. The molecule has 0 aliphatic rings. The van der Waals surface area contributed by atoms with Crippen LogP contribution >= 0.6 is 0 Å². The van der Waals surface area contributed by atoms with Gasteiger partial charge in [0.1, 0.15) is 5.82 Å². The average Bonchev–Trinajstić information content (AvgIpc) is 2.34. The number of aryl methyl sites for hydroxylation is 1. The number of rotatable bonds is 6. The lowest BCUT2D eigenvalue weighted by molar-refractivity contribution is -0.117. The Labute approximate surface area is 106 Å². The summed E-state index contributed by atoms with van der Waals surface area (Å²) in [4.78, 5) is 11.8. The van der Waals surface area contributed by atoms with Crippen LogP contribution in [0.2, 0.25) is 0 Å². The summed E-state index contributed by atoms with van der Waals surface area (Å²) >= 11 is 0. The number of halogens is 1. The normalized spacial score (nSPS) is 12.2. The maximum absolute atomic E-state index is 13.0. The molecule has 1 amide bonds. The van der Waals surface area contributed by atoms with Gasteiger partial charge in [0, 0.05) is 19.4 Å². The highest BCUT2D eigenvalue weighted by Gasteiger charge is 2.14. The first-order chi connectivity index (χ1) is 8.54. The molecule has 0 aliphatic heterocycles. The number of carbonyl (C=O) groups excluding carboxylic acids is 1. The van der Waals surface area contributed by atoms with Gasteiger partial charge in [-0.2, -0.15) is 0 Å². The predicted molar refractivity (Wildman–Crippen MR) is 68.9 cm³/mol. The number of amides is 1. The van der Waals surface area contributed by atoms with Gasteiger partial charge in [-0.25, -0.2) is 4.39 Å². The van der Waals surface area contributed by atoms with Crippen molar-refractivity contribution in [3.8, 4) is 0 Å². The smallest absolute Gasteiger partial charge is 0.241 e. The highest BCUT2D eigenvalue weighted by Crippen LogP contribution is 2.16. The Morgan fingerprint density at radius 1 is 1.56 bits per heavy atom. The lowest BCUT2D eigenvalue weighted by atomic mass is 10.1. The van der Waals surface area contributed by atoms with Crippen LogP contribution in [0.15, 0.2) is 18.2 Å². The van der Waals surface area contributed by atoms with Gasteiger partial charge in [0.25, 0.3) is 0 Å². The maximum Gasteiger partial charge on any atom is 0.241 e. The maximum atomic E-state index is 13.0. The van der Waals surface area contributed by atoms with Crippen LogP contribution in [0.1, 0.15) is 18.4 Å². The van der Waals surface area contributed by atoms with Crippen molar-refractivity contribution in [3.63, 3.8) is 0 Å². The fourth-order valence-electron chi connectivity index (χ4n) is 1.53. The summed E-state index contributed by atoms with van der Waals surface area (Å²) in [5, 5.41) is 2.63. The van der Waals surface area contributed by atoms with Crippen molar-refractivity contribution in [2.24, 2.45) is 5.73 Å². The topological polar surface area (TPSA) is 64.3 Å². The number of methoxy groups -OCH3 is 1. The van der Waals surface area contributed by atoms with E-state index in [1.54, 1.807) is 20.1 Å². The van der Waals surface area contributed by atoms with Crippen LogP contribution in [0.5, 0.6) is 0 Å². The molecule has 1 rings (SSSR count). The van der Waals surface area contributed by atoms with Crippen molar-refractivity contribution in [2.45, 2.75) is 25.8 Å². The number of ether oxygens (including phenoxy) is 1. The van der Waals surface area contributed by atoms with Crippen LogP contribution < -0.4 is 11.1 Å². The summed E-state index contributed by atoms with van der Waals surface area (Å²) < 4.78 is 17.9. The molecular weight excluding hydrogens is 235 g/mol. The molecule has 0 aliphatic carbocycles. The molecule has 0 radical (unpaired) electrons. The highest BCUT2D eigenvalue weighted by atomic mass is 19.1. The van der Waals surface area contributed by atoms with Gasteiger partial charge in [0.15, 0.2) is 0 Å². The van der Waals surface area contributed by atoms with E-state index in [4.69, 9.17) is 10.5 Å². The zero-order chi connectivity index (χ0) is 13.5. The van der Waals surface area contributed by atoms with Crippen LogP contribution in [-0.2, 0) is 9.53 Å². The number of benzene rings is 1. The monoisotopic (exact) mass is 254 g/mol. The van der Waals surface area contributed by atoms with Crippen LogP contribution in [-0.4, -0.2) is 25.7 Å². The Bertz CT molecular complexity index is 410. The van der Waals surface area contributed by atoms with Crippen molar-refractivity contribution < 1.29 is 13.9 Å². The second kappa shape index (κ2) is 7.08. The van der Waals surface area contributed by atoms with E-state index in [1.165, 1.54) is 12.1 Å². The van der Waals surface area contributed by atoms with E-state index in [-0.39, 0.29) is 11.7 Å². The van der Waals surface area contributed by atoms with Crippen molar-refractivity contribution >= 4 is 11.6 Å². The minimum Gasteiger partial charge on any atom is -0.385 e. The van der Waals surface area contributed by atoms with E-state index in [1.807, 2.05) is 0 Å². The number of hydrogen-bond donors (Lipinski definition) is 2. The van der Waals surface area contributed by atoms with Crippen molar-refractivity contribution in [3.05, 3.63) is 29.6 Å². The first-order valence-corrected chi connectivity index (χ1v) is 5.86. The summed E-state index contributed by atoms with van der Waals surface area (Å²) in [6.45, 7) is 2.37. The van der Waals surface area contributed by atoms with Gasteiger partial charge < -0.3 is 15.8 Å². The van der Waals surface area contributed by atoms with E-state index in [2.05, 4.69) is 5.32 Å². The molecule has 0 aromatic heterocycles. The fourth-order valence-corrected chi connectivity index (χ4v) is 1.53. The van der Waals surface area contributed by atoms with Gasteiger partial charge >= 0.3 is 0 Å². The molecule has 3 N–H and O–H groups in total. The summed E-state index contributed by atoms with van der Waals surface area (Å²) in [6, 6.07) is 3.64. The first kappa shape index (κ1) is 14.6. The quantitative estimate of drug-likeness (QED) is 0.761. The molecule has 1 atom stereocenters. The molecule has 0 fully saturated rings. The third-order valence-corrected chi connectivity index (χ3v) is 2.66. The largest absolute Gasteiger partial charge is 0.385 e. The second-order valence-electron chi connectivity index (χ2n) is 4.19. The Morgan fingerprint density at radius 3 is 2.94 bits per heavy atom. The fraction of sp³-hybridized carbons (Fsp3) is 0.462. The molecule has 1 aromatic carbocycles. The third kappa shape index (κ3) is 4.43. The summed E-state index contributed by atoms with van der Waals surface area (Å²) in [5.74, 6) is -0.691. The van der Waals surface area contributed by atoms with E-state index in [9.17, 15) is 9.18 Å². The van der Waals surface area contributed by atoms with Crippen LogP contribution in [0.3, 0.4) is 0 Å². The Morgan fingerprint density at radius 2 is 2.28 bits per heavy atom. The molecule has 1 aromatic rings. The highest BCUT2D eigenvalue weighted by molar-refractivity contribution is 5.95. The molecule has 0 saturated heterocycles. The Balaban J connectivity index is 2.55. The minimum absolute atomic E-state index is 0.306. The van der Waals surface area contributed by atoms with E-state index < -0.39 is 6.04 Å². The molecule has 0 bridgehead atoms. The van der Waals surface area contributed by atoms with Crippen LogP contribution in [0.4, 0.5) is 10.1 Å². The molecular formula is C13H19FN2O2. The molecule has 0 heterocycles. The standard InChI is InChI=1S/C13H19FN2O2/c1-9-5-6-10(14)8-12(9)16-13(17)11(15)4-3-7-18-2/h5-6,8,11H,3-4,7,15H2,1-2H3,(H,16,17). The van der Waals surface area contributed by atoms with Gasteiger partial charge in [-0.3, -0.25) is 4.79 Å². The van der Waals surface area contributed by atoms with Crippen LogP contribution in [0, 0.1) is 12.7 Å². The van der Waals surface area contributed by atoms with E-state index in [0.717, 1.165) is 5.56 Å². The molecule has 0 spiro atoms. The van der Waals surface area contributed by atoms with Gasteiger partial charge in [0.05, 0.1) is 6.04 Å². The lowest BCUT2D eigenvalue weighted by Crippen LogP contribution is -2.35. The number of nitrogens with two attached hydrogens (primary N) is 1. The SMILES string of the molecule is COCCCC(N)C(=O)Nc1cc(F)ccc1C. The van der Waals surface area contributed by atoms with Crippen molar-refractivity contribution in [1.82, 2.24) is 0 Å². The van der Waals surface area contributed by atoms with E-state index in [0.29, 0.717) is 25.1 Å². The summed E-state index contributed by atoms with van der Waals surface area (Å²) in [7, 11) is 1.60. The number of carbonyl (C=O) groups is 1. The van der Waals surface area contributed by atoms with Gasteiger partial charge in [-0.1, -0.05) is 6.07 Å². The van der Waals surface area contributed by atoms with Gasteiger partial charge in [0.2, 0.25) is 5.91 Å². The second-order valence-corrected chi connectivity index (χ2v) is 4.19. The summed E-state index contributed by atoms with van der Waals surface area (Å²) in [5.41, 5.74) is 6.99. The van der Waals surface area contributed by atoms with Gasteiger partial charge in [-0.05, 0) is 37.5 Å². The average molecular weight is 254 g/mol.